The van der Waals surface area contributed by atoms with Crippen molar-refractivity contribution in [2.45, 2.75) is 26.3 Å². The quantitative estimate of drug-likeness (QED) is 0.713. The summed E-state index contributed by atoms with van der Waals surface area (Å²) in [6, 6.07) is 0. The summed E-state index contributed by atoms with van der Waals surface area (Å²) < 4.78 is 4.93. The van der Waals surface area contributed by atoms with Gasteiger partial charge in [0.05, 0.1) is 13.2 Å². The number of amides is 1. The summed E-state index contributed by atoms with van der Waals surface area (Å²) in [6.45, 7) is 12.0. The minimum Gasteiger partial charge on any atom is -0.383 e. The highest BCUT2D eigenvalue weighted by Crippen LogP contribution is 2.15. The van der Waals surface area contributed by atoms with Crippen LogP contribution >= 0.6 is 0 Å². The largest absolute Gasteiger partial charge is 0.383 e. The maximum absolute atomic E-state index is 11.9. The van der Waals surface area contributed by atoms with Crippen LogP contribution in [0.3, 0.4) is 0 Å². The molecule has 1 rings (SSSR count). The third kappa shape index (κ3) is 4.92. The van der Waals surface area contributed by atoms with Gasteiger partial charge >= 0.3 is 0 Å². The SMILES string of the molecule is COCCNCC(=O)N1CCN(C(C)(C)C)CC1. The van der Waals surface area contributed by atoms with Gasteiger partial charge in [-0.1, -0.05) is 0 Å². The lowest BCUT2D eigenvalue weighted by atomic mass is 10.1. The zero-order valence-electron chi connectivity index (χ0n) is 12.2. The Kier molecular flexibility index (Phi) is 6.05. The van der Waals surface area contributed by atoms with Crippen molar-refractivity contribution in [2.24, 2.45) is 0 Å². The molecule has 0 aromatic carbocycles. The van der Waals surface area contributed by atoms with E-state index in [4.69, 9.17) is 4.74 Å². The lowest BCUT2D eigenvalue weighted by Gasteiger charge is -2.42. The van der Waals surface area contributed by atoms with Gasteiger partial charge in [-0.3, -0.25) is 9.69 Å². The Morgan fingerprint density at radius 3 is 2.33 bits per heavy atom. The average molecular weight is 257 g/mol. The molecule has 0 aliphatic carbocycles. The molecular weight excluding hydrogens is 230 g/mol. The van der Waals surface area contributed by atoms with E-state index in [-0.39, 0.29) is 11.4 Å². The predicted octanol–water partition coefficient (Wildman–Crippen LogP) is 0.165. The number of carbonyl (C=O) groups excluding carboxylic acids is 1. The van der Waals surface area contributed by atoms with E-state index < -0.39 is 0 Å². The number of carbonyl (C=O) groups is 1. The van der Waals surface area contributed by atoms with Crippen LogP contribution in [0.15, 0.2) is 0 Å². The molecule has 1 amide bonds. The summed E-state index contributed by atoms with van der Waals surface area (Å²) in [4.78, 5) is 16.3. The zero-order chi connectivity index (χ0) is 13.6. The molecule has 0 saturated carbocycles. The van der Waals surface area contributed by atoms with Crippen LogP contribution in [0.25, 0.3) is 0 Å². The highest BCUT2D eigenvalue weighted by molar-refractivity contribution is 5.78. The minimum atomic E-state index is 0.194. The van der Waals surface area contributed by atoms with Crippen LogP contribution < -0.4 is 5.32 Å². The molecule has 0 bridgehead atoms. The molecule has 18 heavy (non-hydrogen) atoms. The van der Waals surface area contributed by atoms with Gasteiger partial charge in [0.15, 0.2) is 0 Å². The Labute approximate surface area is 110 Å². The fourth-order valence-electron chi connectivity index (χ4n) is 2.11. The van der Waals surface area contributed by atoms with Crippen LogP contribution in [0, 0.1) is 0 Å². The number of rotatable bonds is 5. The van der Waals surface area contributed by atoms with Gasteiger partial charge in [0.1, 0.15) is 0 Å². The summed E-state index contributed by atoms with van der Waals surface area (Å²) in [5.74, 6) is 0.194. The molecule has 5 nitrogen and oxygen atoms in total. The number of nitrogens with zero attached hydrogens (tertiary/aromatic N) is 2. The van der Waals surface area contributed by atoms with E-state index in [9.17, 15) is 4.79 Å². The number of hydrogen-bond acceptors (Lipinski definition) is 4. The first-order valence-corrected chi connectivity index (χ1v) is 6.67. The summed E-state index contributed by atoms with van der Waals surface area (Å²) in [5, 5.41) is 3.10. The van der Waals surface area contributed by atoms with Crippen molar-refractivity contribution in [2.75, 3.05) is 53.0 Å². The number of ether oxygens (including phenoxy) is 1. The van der Waals surface area contributed by atoms with Crippen LogP contribution in [-0.2, 0) is 9.53 Å². The van der Waals surface area contributed by atoms with E-state index in [0.717, 1.165) is 32.7 Å². The van der Waals surface area contributed by atoms with Gasteiger partial charge in [0, 0.05) is 45.4 Å². The van der Waals surface area contributed by atoms with E-state index in [1.54, 1.807) is 7.11 Å². The second kappa shape index (κ2) is 7.07. The Morgan fingerprint density at radius 1 is 1.22 bits per heavy atom. The molecule has 106 valence electrons. The maximum Gasteiger partial charge on any atom is 0.236 e. The molecule has 1 heterocycles. The van der Waals surface area contributed by atoms with Gasteiger partial charge < -0.3 is 15.0 Å². The highest BCUT2D eigenvalue weighted by Gasteiger charge is 2.27. The maximum atomic E-state index is 11.9. The van der Waals surface area contributed by atoms with Crippen molar-refractivity contribution in [3.05, 3.63) is 0 Å². The third-order valence-electron chi connectivity index (χ3n) is 3.34. The molecule has 1 N–H and O–H groups in total. The fourth-order valence-corrected chi connectivity index (χ4v) is 2.11. The predicted molar refractivity (Wildman–Crippen MR) is 72.7 cm³/mol. The Balaban J connectivity index is 2.23. The minimum absolute atomic E-state index is 0.194. The van der Waals surface area contributed by atoms with E-state index >= 15 is 0 Å². The number of nitrogens with one attached hydrogen (secondary N) is 1. The lowest BCUT2D eigenvalue weighted by Crippen LogP contribution is -2.55. The van der Waals surface area contributed by atoms with E-state index in [1.165, 1.54) is 0 Å². The first-order chi connectivity index (χ1) is 8.45. The van der Waals surface area contributed by atoms with Crippen LogP contribution in [0.5, 0.6) is 0 Å². The second-order valence-electron chi connectivity index (χ2n) is 5.71. The molecule has 5 heteroatoms. The standard InChI is InChI=1S/C13H27N3O2/c1-13(2,3)16-8-6-15(7-9-16)12(17)11-14-5-10-18-4/h14H,5-11H2,1-4H3. The summed E-state index contributed by atoms with van der Waals surface area (Å²) in [7, 11) is 1.66. The van der Waals surface area contributed by atoms with Crippen molar-refractivity contribution in [1.82, 2.24) is 15.1 Å². The van der Waals surface area contributed by atoms with Crippen LogP contribution in [-0.4, -0.2) is 74.2 Å². The molecule has 1 aliphatic heterocycles. The topological polar surface area (TPSA) is 44.8 Å². The third-order valence-corrected chi connectivity index (χ3v) is 3.34. The Morgan fingerprint density at radius 2 is 1.83 bits per heavy atom. The van der Waals surface area contributed by atoms with Crippen molar-refractivity contribution in [3.63, 3.8) is 0 Å². The summed E-state index contributed by atoms with van der Waals surface area (Å²) in [6.07, 6.45) is 0. The Bertz CT molecular complexity index is 255. The molecule has 0 spiro atoms. The zero-order valence-corrected chi connectivity index (χ0v) is 12.2. The smallest absolute Gasteiger partial charge is 0.236 e. The van der Waals surface area contributed by atoms with Crippen LogP contribution in [0.2, 0.25) is 0 Å². The van der Waals surface area contributed by atoms with Gasteiger partial charge in [-0.2, -0.15) is 0 Å². The van der Waals surface area contributed by atoms with Crippen LogP contribution in [0.1, 0.15) is 20.8 Å². The van der Waals surface area contributed by atoms with Crippen LogP contribution in [0.4, 0.5) is 0 Å². The summed E-state index contributed by atoms with van der Waals surface area (Å²) in [5.41, 5.74) is 0.200. The second-order valence-corrected chi connectivity index (χ2v) is 5.71. The van der Waals surface area contributed by atoms with Gasteiger partial charge in [-0.25, -0.2) is 0 Å². The highest BCUT2D eigenvalue weighted by atomic mass is 16.5. The van der Waals surface area contributed by atoms with E-state index in [2.05, 4.69) is 31.0 Å². The average Bonchev–Trinajstić information content (AvgIpc) is 2.33. The first kappa shape index (κ1) is 15.4. The van der Waals surface area contributed by atoms with Crippen molar-refractivity contribution in [1.29, 1.82) is 0 Å². The van der Waals surface area contributed by atoms with Gasteiger partial charge in [-0.05, 0) is 20.8 Å². The van der Waals surface area contributed by atoms with Crippen molar-refractivity contribution < 1.29 is 9.53 Å². The molecule has 1 aliphatic rings. The normalized spacial score (nSPS) is 18.1. The number of hydrogen-bond donors (Lipinski definition) is 1. The van der Waals surface area contributed by atoms with Crippen molar-refractivity contribution >= 4 is 5.91 Å². The molecule has 0 aromatic rings. The molecule has 0 unspecified atom stereocenters. The Hall–Kier alpha value is -0.650. The molecule has 1 fully saturated rings. The summed E-state index contributed by atoms with van der Waals surface area (Å²) >= 11 is 0. The molecule has 0 radical (unpaired) electrons. The number of methoxy groups -OCH3 is 1. The van der Waals surface area contributed by atoms with Gasteiger partial charge in [0.25, 0.3) is 0 Å². The van der Waals surface area contributed by atoms with Gasteiger partial charge in [-0.15, -0.1) is 0 Å². The number of piperazine rings is 1. The van der Waals surface area contributed by atoms with E-state index in [1.807, 2.05) is 4.90 Å². The van der Waals surface area contributed by atoms with E-state index in [0.29, 0.717) is 13.2 Å². The first-order valence-electron chi connectivity index (χ1n) is 6.67. The van der Waals surface area contributed by atoms with Gasteiger partial charge in [0.2, 0.25) is 5.91 Å². The molecule has 1 saturated heterocycles. The monoisotopic (exact) mass is 257 g/mol. The van der Waals surface area contributed by atoms with Crippen molar-refractivity contribution in [3.8, 4) is 0 Å². The lowest BCUT2D eigenvalue weighted by molar-refractivity contribution is -0.132. The fraction of sp³-hybridized carbons (Fsp3) is 0.923. The molecule has 0 atom stereocenters. The molecule has 0 aromatic heterocycles. The molecular formula is C13H27N3O2.